The van der Waals surface area contributed by atoms with Crippen LogP contribution in [0.15, 0.2) is 35.1 Å². The molecule has 0 saturated carbocycles. The van der Waals surface area contributed by atoms with E-state index in [9.17, 15) is 9.59 Å². The summed E-state index contributed by atoms with van der Waals surface area (Å²) in [6.07, 6.45) is 0.758. The molecule has 0 aliphatic carbocycles. The standard InChI is InChI=1S/C17H19N5O2/c1-3-10-8-16(23)13-6-11(4-5-14(13)19-10)20-17(24)15-7-12(9-18)21-22(15)2/h4-8H,3,9,18H2,1-2H3,(H,19,23)(H,20,24). The SMILES string of the molecule is CCc1cc(=O)c2cc(NC(=O)c3cc(CN)nn3C)ccc2[nH]1. The molecule has 7 nitrogen and oxygen atoms in total. The Kier molecular flexibility index (Phi) is 4.18. The third kappa shape index (κ3) is 2.93. The summed E-state index contributed by atoms with van der Waals surface area (Å²) in [6, 6.07) is 8.46. The minimum absolute atomic E-state index is 0.0670. The van der Waals surface area contributed by atoms with Crippen LogP contribution in [0.2, 0.25) is 0 Å². The summed E-state index contributed by atoms with van der Waals surface area (Å²) < 4.78 is 1.49. The van der Waals surface area contributed by atoms with E-state index >= 15 is 0 Å². The fourth-order valence-electron chi connectivity index (χ4n) is 2.60. The summed E-state index contributed by atoms with van der Waals surface area (Å²) >= 11 is 0. The molecule has 7 heteroatoms. The molecule has 2 heterocycles. The number of aromatic amines is 1. The van der Waals surface area contributed by atoms with Crippen LogP contribution in [-0.4, -0.2) is 20.7 Å². The molecule has 0 atom stereocenters. The van der Waals surface area contributed by atoms with E-state index in [4.69, 9.17) is 5.73 Å². The molecule has 3 aromatic rings. The topological polar surface area (TPSA) is 106 Å². The highest BCUT2D eigenvalue weighted by atomic mass is 16.2. The summed E-state index contributed by atoms with van der Waals surface area (Å²) in [5, 5.41) is 7.48. The van der Waals surface area contributed by atoms with Crippen LogP contribution in [0.3, 0.4) is 0 Å². The maximum atomic E-state index is 12.4. The number of benzene rings is 1. The van der Waals surface area contributed by atoms with E-state index in [2.05, 4.69) is 15.4 Å². The lowest BCUT2D eigenvalue weighted by atomic mass is 10.1. The number of nitrogens with two attached hydrogens (primary N) is 1. The first-order valence-corrected chi connectivity index (χ1v) is 7.72. The number of anilines is 1. The van der Waals surface area contributed by atoms with Crippen molar-refractivity contribution in [2.24, 2.45) is 12.8 Å². The van der Waals surface area contributed by atoms with E-state index in [1.165, 1.54) is 4.68 Å². The van der Waals surface area contributed by atoms with Crippen molar-refractivity contribution in [3.8, 4) is 0 Å². The van der Waals surface area contributed by atoms with Crippen molar-refractivity contribution in [3.63, 3.8) is 0 Å². The lowest BCUT2D eigenvalue weighted by Gasteiger charge is -2.07. The van der Waals surface area contributed by atoms with Gasteiger partial charge in [-0.2, -0.15) is 5.10 Å². The highest BCUT2D eigenvalue weighted by Crippen LogP contribution is 2.16. The fourth-order valence-corrected chi connectivity index (χ4v) is 2.60. The van der Waals surface area contributed by atoms with E-state index in [-0.39, 0.29) is 17.9 Å². The van der Waals surface area contributed by atoms with Crippen molar-refractivity contribution in [2.75, 3.05) is 5.32 Å². The van der Waals surface area contributed by atoms with Gasteiger partial charge in [0.2, 0.25) is 0 Å². The molecule has 0 radical (unpaired) electrons. The minimum Gasteiger partial charge on any atom is -0.358 e. The molecule has 0 bridgehead atoms. The molecular formula is C17H19N5O2. The smallest absolute Gasteiger partial charge is 0.273 e. The van der Waals surface area contributed by atoms with Gasteiger partial charge in [-0.15, -0.1) is 0 Å². The fraction of sp³-hybridized carbons (Fsp3) is 0.235. The lowest BCUT2D eigenvalue weighted by molar-refractivity contribution is 0.101. The molecule has 0 saturated heterocycles. The zero-order chi connectivity index (χ0) is 17.3. The van der Waals surface area contributed by atoms with Gasteiger partial charge in [-0.05, 0) is 30.7 Å². The van der Waals surface area contributed by atoms with Gasteiger partial charge in [0.1, 0.15) is 5.69 Å². The number of hydrogen-bond donors (Lipinski definition) is 3. The average molecular weight is 325 g/mol. The number of carbonyl (C=O) groups is 1. The maximum Gasteiger partial charge on any atom is 0.273 e. The summed E-state index contributed by atoms with van der Waals surface area (Å²) in [5.74, 6) is -0.300. The van der Waals surface area contributed by atoms with E-state index in [1.807, 2.05) is 6.92 Å². The Bertz CT molecular complexity index is 971. The largest absolute Gasteiger partial charge is 0.358 e. The Morgan fingerprint density at radius 3 is 2.79 bits per heavy atom. The predicted molar refractivity (Wildman–Crippen MR) is 93.0 cm³/mol. The molecule has 0 unspecified atom stereocenters. The molecule has 1 amide bonds. The number of pyridine rings is 1. The van der Waals surface area contributed by atoms with Crippen molar-refractivity contribution in [3.05, 3.63) is 57.6 Å². The number of fused-ring (bicyclic) bond motifs is 1. The van der Waals surface area contributed by atoms with Crippen molar-refractivity contribution < 1.29 is 4.79 Å². The number of hydrogen-bond acceptors (Lipinski definition) is 4. The van der Waals surface area contributed by atoms with Crippen LogP contribution in [-0.2, 0) is 20.0 Å². The maximum absolute atomic E-state index is 12.4. The summed E-state index contributed by atoms with van der Waals surface area (Å²) in [4.78, 5) is 27.8. The van der Waals surface area contributed by atoms with Gasteiger partial charge in [0, 0.05) is 41.9 Å². The Hall–Kier alpha value is -2.93. The van der Waals surface area contributed by atoms with Crippen LogP contribution >= 0.6 is 0 Å². The Morgan fingerprint density at radius 2 is 2.12 bits per heavy atom. The number of carbonyl (C=O) groups excluding carboxylic acids is 1. The van der Waals surface area contributed by atoms with E-state index < -0.39 is 0 Å². The van der Waals surface area contributed by atoms with Gasteiger partial charge in [-0.1, -0.05) is 6.92 Å². The second-order valence-corrected chi connectivity index (χ2v) is 5.58. The van der Waals surface area contributed by atoms with Crippen LogP contribution in [0.25, 0.3) is 10.9 Å². The number of nitrogens with one attached hydrogen (secondary N) is 2. The number of H-pyrrole nitrogens is 1. The summed E-state index contributed by atoms with van der Waals surface area (Å²) in [7, 11) is 1.69. The zero-order valence-corrected chi connectivity index (χ0v) is 13.6. The molecule has 1 aromatic carbocycles. The van der Waals surface area contributed by atoms with Crippen molar-refractivity contribution in [1.29, 1.82) is 0 Å². The van der Waals surface area contributed by atoms with Gasteiger partial charge in [0.25, 0.3) is 5.91 Å². The van der Waals surface area contributed by atoms with Crippen LogP contribution in [0.1, 0.15) is 28.8 Å². The Labute approximate surface area is 138 Å². The number of nitrogens with zero attached hydrogens (tertiary/aromatic N) is 2. The molecule has 24 heavy (non-hydrogen) atoms. The van der Waals surface area contributed by atoms with Crippen LogP contribution in [0.5, 0.6) is 0 Å². The molecule has 124 valence electrons. The number of amides is 1. The van der Waals surface area contributed by atoms with Crippen molar-refractivity contribution in [2.45, 2.75) is 19.9 Å². The van der Waals surface area contributed by atoms with Gasteiger partial charge >= 0.3 is 0 Å². The molecule has 3 rings (SSSR count). The second kappa shape index (κ2) is 6.29. The molecule has 4 N–H and O–H groups in total. The van der Waals surface area contributed by atoms with Gasteiger partial charge in [0.15, 0.2) is 5.43 Å². The number of aromatic nitrogens is 3. The third-order valence-electron chi connectivity index (χ3n) is 3.90. The van der Waals surface area contributed by atoms with E-state index in [1.54, 1.807) is 37.4 Å². The first-order chi connectivity index (χ1) is 11.5. The van der Waals surface area contributed by atoms with Gasteiger partial charge in [-0.25, -0.2) is 0 Å². The molecular weight excluding hydrogens is 306 g/mol. The number of aryl methyl sites for hydroxylation is 2. The normalized spacial score (nSPS) is 11.0. The summed E-state index contributed by atoms with van der Waals surface area (Å²) in [6.45, 7) is 2.25. The molecule has 0 aliphatic heterocycles. The molecule has 0 fully saturated rings. The molecule has 2 aromatic heterocycles. The van der Waals surface area contributed by atoms with E-state index in [0.29, 0.717) is 22.5 Å². The highest BCUT2D eigenvalue weighted by molar-refractivity contribution is 6.04. The quantitative estimate of drug-likeness (QED) is 0.676. The predicted octanol–water partition coefficient (Wildman–Crippen LogP) is 1.53. The monoisotopic (exact) mass is 325 g/mol. The van der Waals surface area contributed by atoms with Gasteiger partial charge in [-0.3, -0.25) is 14.3 Å². The second-order valence-electron chi connectivity index (χ2n) is 5.58. The molecule has 0 aliphatic rings. The van der Waals surface area contributed by atoms with Crippen molar-refractivity contribution >= 4 is 22.5 Å². The highest BCUT2D eigenvalue weighted by Gasteiger charge is 2.13. The van der Waals surface area contributed by atoms with Crippen molar-refractivity contribution in [1.82, 2.24) is 14.8 Å². The molecule has 0 spiro atoms. The Balaban J connectivity index is 1.92. The first-order valence-electron chi connectivity index (χ1n) is 7.72. The van der Waals surface area contributed by atoms with Crippen LogP contribution in [0.4, 0.5) is 5.69 Å². The summed E-state index contributed by atoms with van der Waals surface area (Å²) in [5.41, 5.74) is 8.72. The van der Waals surface area contributed by atoms with E-state index in [0.717, 1.165) is 17.6 Å². The Morgan fingerprint density at radius 1 is 1.33 bits per heavy atom. The lowest BCUT2D eigenvalue weighted by Crippen LogP contribution is -2.16. The van der Waals surface area contributed by atoms with Crippen LogP contribution in [0, 0.1) is 0 Å². The first kappa shape index (κ1) is 15.9. The minimum atomic E-state index is -0.300. The van der Waals surface area contributed by atoms with Gasteiger partial charge in [0.05, 0.1) is 5.69 Å². The zero-order valence-electron chi connectivity index (χ0n) is 13.6. The van der Waals surface area contributed by atoms with Crippen LogP contribution < -0.4 is 16.5 Å². The van der Waals surface area contributed by atoms with Gasteiger partial charge < -0.3 is 16.0 Å². The third-order valence-corrected chi connectivity index (χ3v) is 3.90. The average Bonchev–Trinajstić information content (AvgIpc) is 2.96. The number of rotatable bonds is 4.